The number of aromatic nitrogens is 1. The van der Waals surface area contributed by atoms with Gasteiger partial charge in [-0.1, -0.05) is 42.5 Å². The third-order valence-electron chi connectivity index (χ3n) is 3.83. The smallest absolute Gasteiger partial charge is 0.217 e. The van der Waals surface area contributed by atoms with Gasteiger partial charge in [-0.2, -0.15) is 0 Å². The molecule has 1 aromatic heterocycles. The molecule has 134 valence electrons. The standard InChI is InChI=1S/C19H18N2O3S2/c1-13(22)20-18(15-6-4-3-5-7-15)19-21-17(12-25-19)14-8-10-16(11-9-14)26(2,23)24/h3-12,18H,1-2H3,(H,20,22). The zero-order chi connectivity index (χ0) is 18.7. The normalized spacial score (nSPS) is 12.5. The van der Waals surface area contributed by atoms with E-state index in [0.717, 1.165) is 21.8 Å². The minimum absolute atomic E-state index is 0.131. The fourth-order valence-corrected chi connectivity index (χ4v) is 4.10. The largest absolute Gasteiger partial charge is 0.343 e. The van der Waals surface area contributed by atoms with Gasteiger partial charge in [0.15, 0.2) is 9.84 Å². The summed E-state index contributed by atoms with van der Waals surface area (Å²) in [5.74, 6) is -0.131. The summed E-state index contributed by atoms with van der Waals surface area (Å²) in [4.78, 5) is 16.5. The molecule has 7 heteroatoms. The molecule has 0 fully saturated rings. The van der Waals surface area contributed by atoms with Gasteiger partial charge in [0.2, 0.25) is 5.91 Å². The van der Waals surface area contributed by atoms with Crippen LogP contribution >= 0.6 is 11.3 Å². The van der Waals surface area contributed by atoms with Crippen LogP contribution in [0.4, 0.5) is 0 Å². The van der Waals surface area contributed by atoms with E-state index in [2.05, 4.69) is 10.3 Å². The van der Waals surface area contributed by atoms with Crippen LogP contribution < -0.4 is 5.32 Å². The van der Waals surface area contributed by atoms with E-state index in [1.165, 1.54) is 24.5 Å². The van der Waals surface area contributed by atoms with E-state index < -0.39 is 9.84 Å². The Morgan fingerprint density at radius 1 is 1.08 bits per heavy atom. The van der Waals surface area contributed by atoms with Crippen molar-refractivity contribution in [2.75, 3.05) is 6.26 Å². The van der Waals surface area contributed by atoms with Crippen molar-refractivity contribution in [3.63, 3.8) is 0 Å². The maximum atomic E-state index is 11.6. The highest BCUT2D eigenvalue weighted by atomic mass is 32.2. The van der Waals surface area contributed by atoms with E-state index in [9.17, 15) is 13.2 Å². The Kier molecular flexibility index (Phi) is 5.20. The number of hydrogen-bond acceptors (Lipinski definition) is 5. The molecule has 2 aromatic carbocycles. The van der Waals surface area contributed by atoms with Crippen LogP contribution in [0, 0.1) is 0 Å². The summed E-state index contributed by atoms with van der Waals surface area (Å²) in [6, 6.07) is 16.0. The third-order valence-corrected chi connectivity index (χ3v) is 5.87. The maximum Gasteiger partial charge on any atom is 0.217 e. The molecule has 3 rings (SSSR count). The lowest BCUT2D eigenvalue weighted by atomic mass is 10.1. The molecule has 0 spiro atoms. The molecule has 0 saturated heterocycles. The summed E-state index contributed by atoms with van der Waals surface area (Å²) in [6.07, 6.45) is 1.18. The molecule has 0 saturated carbocycles. The Morgan fingerprint density at radius 3 is 2.31 bits per heavy atom. The van der Waals surface area contributed by atoms with Crippen LogP contribution in [0.1, 0.15) is 23.5 Å². The Balaban J connectivity index is 1.93. The second kappa shape index (κ2) is 7.39. The van der Waals surface area contributed by atoms with Gasteiger partial charge in [-0.05, 0) is 17.7 Å². The lowest BCUT2D eigenvalue weighted by Crippen LogP contribution is -2.26. The molecule has 0 aliphatic rings. The molecule has 0 radical (unpaired) electrons. The first-order valence-corrected chi connectivity index (χ1v) is 10.7. The van der Waals surface area contributed by atoms with Crippen LogP contribution in [0.15, 0.2) is 64.9 Å². The molecule has 5 nitrogen and oxygen atoms in total. The predicted octanol–water partition coefficient (Wildman–Crippen LogP) is 3.44. The van der Waals surface area contributed by atoms with E-state index in [1.54, 1.807) is 24.3 Å². The lowest BCUT2D eigenvalue weighted by Gasteiger charge is -2.15. The zero-order valence-corrected chi connectivity index (χ0v) is 16.0. The number of benzene rings is 2. The van der Waals surface area contributed by atoms with Gasteiger partial charge in [0.25, 0.3) is 0 Å². The first-order valence-electron chi connectivity index (χ1n) is 7.92. The molecule has 1 N–H and O–H groups in total. The van der Waals surface area contributed by atoms with Crippen LogP contribution in [0.5, 0.6) is 0 Å². The number of hydrogen-bond donors (Lipinski definition) is 1. The molecule has 0 aliphatic heterocycles. The van der Waals surface area contributed by atoms with Gasteiger partial charge in [-0.25, -0.2) is 13.4 Å². The lowest BCUT2D eigenvalue weighted by molar-refractivity contribution is -0.119. The molecule has 0 aliphatic carbocycles. The van der Waals surface area contributed by atoms with Crippen molar-refractivity contribution in [3.8, 4) is 11.3 Å². The molecular formula is C19H18N2O3S2. The first kappa shape index (κ1) is 18.3. The van der Waals surface area contributed by atoms with Crippen molar-refractivity contribution in [3.05, 3.63) is 70.5 Å². The molecular weight excluding hydrogens is 368 g/mol. The summed E-state index contributed by atoms with van der Waals surface area (Å²) in [7, 11) is -3.22. The quantitative estimate of drug-likeness (QED) is 0.729. The molecule has 0 bridgehead atoms. The van der Waals surface area contributed by atoms with Crippen molar-refractivity contribution in [2.45, 2.75) is 17.9 Å². The maximum absolute atomic E-state index is 11.6. The number of nitrogens with zero attached hydrogens (tertiary/aromatic N) is 1. The molecule has 3 aromatic rings. The Morgan fingerprint density at radius 2 is 1.73 bits per heavy atom. The number of nitrogens with one attached hydrogen (secondary N) is 1. The van der Waals surface area contributed by atoms with Gasteiger partial charge in [-0.15, -0.1) is 11.3 Å². The van der Waals surface area contributed by atoms with Crippen LogP contribution in [0.3, 0.4) is 0 Å². The van der Waals surface area contributed by atoms with Crippen LogP contribution in [0.2, 0.25) is 0 Å². The number of carbonyl (C=O) groups excluding carboxylic acids is 1. The number of rotatable bonds is 5. The van der Waals surface area contributed by atoms with Gasteiger partial charge >= 0.3 is 0 Å². The summed E-state index contributed by atoms with van der Waals surface area (Å²) in [5.41, 5.74) is 2.53. The predicted molar refractivity (Wildman–Crippen MR) is 103 cm³/mol. The average Bonchev–Trinajstić information content (AvgIpc) is 3.09. The van der Waals surface area contributed by atoms with E-state index >= 15 is 0 Å². The summed E-state index contributed by atoms with van der Waals surface area (Å²) < 4.78 is 23.2. The average molecular weight is 386 g/mol. The molecule has 1 amide bonds. The Labute approximate surface area is 156 Å². The highest BCUT2D eigenvalue weighted by Gasteiger charge is 2.19. The topological polar surface area (TPSA) is 76.1 Å². The molecule has 1 heterocycles. The van der Waals surface area contributed by atoms with Crippen molar-refractivity contribution in [2.24, 2.45) is 0 Å². The number of carbonyl (C=O) groups is 1. The van der Waals surface area contributed by atoms with Gasteiger partial charge in [0, 0.05) is 24.1 Å². The number of amides is 1. The number of thiazole rings is 1. The second-order valence-corrected chi connectivity index (χ2v) is 8.82. The first-order chi connectivity index (χ1) is 12.3. The van der Waals surface area contributed by atoms with Crippen molar-refractivity contribution < 1.29 is 13.2 Å². The van der Waals surface area contributed by atoms with Crippen LogP contribution in [-0.2, 0) is 14.6 Å². The third kappa shape index (κ3) is 4.17. The van der Waals surface area contributed by atoms with E-state index in [0.29, 0.717) is 0 Å². The molecule has 26 heavy (non-hydrogen) atoms. The fourth-order valence-electron chi connectivity index (χ4n) is 2.56. The zero-order valence-electron chi connectivity index (χ0n) is 14.3. The van der Waals surface area contributed by atoms with Crippen LogP contribution in [-0.4, -0.2) is 25.6 Å². The minimum atomic E-state index is -3.22. The fraction of sp³-hybridized carbons (Fsp3) is 0.158. The monoisotopic (exact) mass is 386 g/mol. The summed E-state index contributed by atoms with van der Waals surface area (Å²) >= 11 is 1.45. The highest BCUT2D eigenvalue weighted by molar-refractivity contribution is 7.90. The Hall–Kier alpha value is -2.51. The molecule has 1 unspecified atom stereocenters. The second-order valence-electron chi connectivity index (χ2n) is 5.91. The van der Waals surface area contributed by atoms with Gasteiger partial charge in [0.05, 0.1) is 10.6 Å². The van der Waals surface area contributed by atoms with E-state index in [4.69, 9.17) is 0 Å². The van der Waals surface area contributed by atoms with Crippen molar-refractivity contribution in [1.29, 1.82) is 0 Å². The molecule has 1 atom stereocenters. The number of sulfone groups is 1. The van der Waals surface area contributed by atoms with Crippen molar-refractivity contribution >= 4 is 27.1 Å². The van der Waals surface area contributed by atoms with Gasteiger partial charge in [0.1, 0.15) is 11.0 Å². The van der Waals surface area contributed by atoms with Crippen molar-refractivity contribution in [1.82, 2.24) is 10.3 Å². The van der Waals surface area contributed by atoms with E-state index in [1.807, 2.05) is 35.7 Å². The highest BCUT2D eigenvalue weighted by Crippen LogP contribution is 2.29. The van der Waals surface area contributed by atoms with Crippen LogP contribution in [0.25, 0.3) is 11.3 Å². The summed E-state index contributed by atoms with van der Waals surface area (Å²) in [6.45, 7) is 1.48. The van der Waals surface area contributed by atoms with Gasteiger partial charge < -0.3 is 5.32 Å². The minimum Gasteiger partial charge on any atom is -0.343 e. The SMILES string of the molecule is CC(=O)NC(c1ccccc1)c1nc(-c2ccc(S(C)(=O)=O)cc2)cs1. The van der Waals surface area contributed by atoms with E-state index in [-0.39, 0.29) is 16.8 Å². The van der Waals surface area contributed by atoms with Gasteiger partial charge in [-0.3, -0.25) is 4.79 Å². The summed E-state index contributed by atoms with van der Waals surface area (Å²) in [5, 5.41) is 5.61. The Bertz CT molecular complexity index is 1010.